The summed E-state index contributed by atoms with van der Waals surface area (Å²) in [4.78, 5) is 11.1. The standard InChI is InChI=1S/C24H26FN7/c1-15-7-18(12-26)27-14-21(15)20-8-16-10-23(28-13-17(16)9-22(20)25)29-24-11-19-3-4-31(2)5-6-32(19)30-24/h7-11,13-14H,3-6,12,26H2,1-2H3,(H,28,29,30). The normalized spacial score (nSPS) is 14.4. The Kier molecular flexibility index (Phi) is 5.32. The van der Waals surface area contributed by atoms with Crippen LogP contribution in [0, 0.1) is 12.7 Å². The third-order valence-electron chi connectivity index (χ3n) is 6.04. The van der Waals surface area contributed by atoms with E-state index in [1.54, 1.807) is 12.4 Å². The minimum absolute atomic E-state index is 0.298. The molecular formula is C24H26FN7. The van der Waals surface area contributed by atoms with Crippen molar-refractivity contribution in [3.05, 3.63) is 65.5 Å². The van der Waals surface area contributed by atoms with Gasteiger partial charge in [-0.15, -0.1) is 0 Å². The van der Waals surface area contributed by atoms with E-state index >= 15 is 0 Å². The summed E-state index contributed by atoms with van der Waals surface area (Å²) >= 11 is 0. The van der Waals surface area contributed by atoms with E-state index in [0.717, 1.165) is 59.5 Å². The fourth-order valence-electron chi connectivity index (χ4n) is 4.17. The summed E-state index contributed by atoms with van der Waals surface area (Å²) in [7, 11) is 2.13. The second-order valence-electron chi connectivity index (χ2n) is 8.37. The number of nitrogens with one attached hydrogen (secondary N) is 1. The highest BCUT2D eigenvalue weighted by atomic mass is 19.1. The number of nitrogens with zero attached hydrogens (tertiary/aromatic N) is 5. The van der Waals surface area contributed by atoms with Gasteiger partial charge in [0.25, 0.3) is 0 Å². The highest BCUT2D eigenvalue weighted by molar-refractivity contribution is 5.89. The molecule has 0 spiro atoms. The molecule has 8 heteroatoms. The average Bonchev–Trinajstić information content (AvgIpc) is 3.09. The van der Waals surface area contributed by atoms with Crippen molar-refractivity contribution < 1.29 is 4.39 Å². The molecule has 5 rings (SSSR count). The minimum Gasteiger partial charge on any atom is -0.325 e. The van der Waals surface area contributed by atoms with Crippen molar-refractivity contribution in [2.45, 2.75) is 26.4 Å². The van der Waals surface area contributed by atoms with Crippen molar-refractivity contribution in [3.63, 3.8) is 0 Å². The summed E-state index contributed by atoms with van der Waals surface area (Å²) in [6, 6.07) is 9.27. The Hall–Kier alpha value is -3.36. The van der Waals surface area contributed by atoms with Crippen LogP contribution in [0.25, 0.3) is 21.9 Å². The van der Waals surface area contributed by atoms with Crippen LogP contribution in [-0.2, 0) is 19.5 Å². The van der Waals surface area contributed by atoms with Crippen molar-refractivity contribution in [2.75, 3.05) is 25.5 Å². The van der Waals surface area contributed by atoms with Gasteiger partial charge < -0.3 is 16.0 Å². The summed E-state index contributed by atoms with van der Waals surface area (Å²) in [5.74, 6) is 1.15. The number of pyridine rings is 2. The van der Waals surface area contributed by atoms with Gasteiger partial charge in [-0.05, 0) is 49.2 Å². The Bertz CT molecular complexity index is 1270. The first-order valence-corrected chi connectivity index (χ1v) is 10.8. The van der Waals surface area contributed by atoms with E-state index < -0.39 is 0 Å². The highest BCUT2D eigenvalue weighted by Crippen LogP contribution is 2.31. The maximum atomic E-state index is 14.9. The quantitative estimate of drug-likeness (QED) is 0.513. The van der Waals surface area contributed by atoms with Crippen LogP contribution in [0.15, 0.2) is 42.7 Å². The number of likely N-dealkylation sites (N-methyl/N-ethyl adjacent to an activating group) is 1. The van der Waals surface area contributed by atoms with Gasteiger partial charge in [-0.1, -0.05) is 0 Å². The van der Waals surface area contributed by atoms with Crippen LogP contribution in [0.1, 0.15) is 17.0 Å². The fraction of sp³-hybridized carbons (Fsp3) is 0.292. The van der Waals surface area contributed by atoms with Crippen LogP contribution in [0.5, 0.6) is 0 Å². The molecule has 0 atom stereocenters. The highest BCUT2D eigenvalue weighted by Gasteiger charge is 2.15. The monoisotopic (exact) mass is 431 g/mol. The predicted molar refractivity (Wildman–Crippen MR) is 124 cm³/mol. The maximum absolute atomic E-state index is 14.9. The van der Waals surface area contributed by atoms with Crippen molar-refractivity contribution in [1.29, 1.82) is 0 Å². The molecule has 0 saturated heterocycles. The first-order valence-electron chi connectivity index (χ1n) is 10.8. The first kappa shape index (κ1) is 20.5. The molecule has 164 valence electrons. The predicted octanol–water partition coefficient (Wildman–Crippen LogP) is 3.63. The lowest BCUT2D eigenvalue weighted by atomic mass is 9.99. The van der Waals surface area contributed by atoms with Crippen LogP contribution in [0.2, 0.25) is 0 Å². The molecule has 1 aromatic carbocycles. The number of anilines is 2. The van der Waals surface area contributed by atoms with Crippen molar-refractivity contribution in [3.8, 4) is 11.1 Å². The Labute approximate surface area is 186 Å². The van der Waals surface area contributed by atoms with Crippen molar-refractivity contribution in [2.24, 2.45) is 5.73 Å². The van der Waals surface area contributed by atoms with Gasteiger partial charge in [0.05, 0.1) is 12.2 Å². The smallest absolute Gasteiger partial charge is 0.153 e. The van der Waals surface area contributed by atoms with E-state index in [9.17, 15) is 4.39 Å². The molecule has 7 nitrogen and oxygen atoms in total. The summed E-state index contributed by atoms with van der Waals surface area (Å²) in [5.41, 5.74) is 9.89. The molecule has 0 aliphatic carbocycles. The van der Waals surface area contributed by atoms with Gasteiger partial charge >= 0.3 is 0 Å². The molecule has 0 fully saturated rings. The SMILES string of the molecule is Cc1cc(CN)ncc1-c1cc2cc(Nc3cc4n(n3)CCN(C)CC4)ncc2cc1F. The second-order valence-corrected chi connectivity index (χ2v) is 8.37. The maximum Gasteiger partial charge on any atom is 0.153 e. The molecular weight excluding hydrogens is 405 g/mol. The van der Waals surface area contributed by atoms with E-state index in [0.29, 0.717) is 17.9 Å². The molecule has 0 saturated carbocycles. The van der Waals surface area contributed by atoms with Gasteiger partial charge in [-0.3, -0.25) is 9.67 Å². The Morgan fingerprint density at radius 3 is 2.66 bits per heavy atom. The zero-order valence-electron chi connectivity index (χ0n) is 18.3. The van der Waals surface area contributed by atoms with E-state index in [-0.39, 0.29) is 5.82 Å². The number of nitrogens with two attached hydrogens (primary N) is 1. The molecule has 3 N–H and O–H groups in total. The molecule has 0 radical (unpaired) electrons. The topological polar surface area (TPSA) is 84.9 Å². The van der Waals surface area contributed by atoms with Gasteiger partial charge in [0.2, 0.25) is 0 Å². The number of hydrogen-bond acceptors (Lipinski definition) is 6. The third-order valence-corrected chi connectivity index (χ3v) is 6.04. The Balaban J connectivity index is 1.46. The van der Waals surface area contributed by atoms with Crippen LogP contribution in [0.4, 0.5) is 16.0 Å². The zero-order chi connectivity index (χ0) is 22.2. The van der Waals surface area contributed by atoms with Gasteiger partial charge in [0.1, 0.15) is 11.6 Å². The molecule has 0 unspecified atom stereocenters. The average molecular weight is 432 g/mol. The van der Waals surface area contributed by atoms with Crippen LogP contribution >= 0.6 is 0 Å². The summed E-state index contributed by atoms with van der Waals surface area (Å²) < 4.78 is 17.0. The zero-order valence-corrected chi connectivity index (χ0v) is 18.3. The van der Waals surface area contributed by atoms with Gasteiger partial charge in [-0.25, -0.2) is 9.37 Å². The van der Waals surface area contributed by atoms with E-state index in [1.807, 2.05) is 25.1 Å². The molecule has 4 heterocycles. The van der Waals surface area contributed by atoms with E-state index in [1.165, 1.54) is 11.8 Å². The van der Waals surface area contributed by atoms with E-state index in [2.05, 4.69) is 43.1 Å². The van der Waals surface area contributed by atoms with Crippen molar-refractivity contribution >= 4 is 22.4 Å². The molecule has 0 amide bonds. The number of fused-ring (bicyclic) bond motifs is 2. The lowest BCUT2D eigenvalue weighted by molar-refractivity contribution is 0.337. The summed E-state index contributed by atoms with van der Waals surface area (Å²) in [6.45, 7) is 5.18. The van der Waals surface area contributed by atoms with Crippen LogP contribution < -0.4 is 11.1 Å². The summed E-state index contributed by atoms with van der Waals surface area (Å²) in [5, 5.41) is 9.63. The number of hydrogen-bond donors (Lipinski definition) is 2. The number of aryl methyl sites for hydroxylation is 1. The minimum atomic E-state index is -0.298. The van der Waals surface area contributed by atoms with Gasteiger partial charge in [0.15, 0.2) is 5.82 Å². The number of rotatable bonds is 4. The van der Waals surface area contributed by atoms with E-state index in [4.69, 9.17) is 5.73 Å². The number of halogens is 1. The second kappa shape index (κ2) is 8.29. The third kappa shape index (κ3) is 3.94. The molecule has 1 aliphatic rings. The summed E-state index contributed by atoms with van der Waals surface area (Å²) in [6.07, 6.45) is 4.34. The number of benzene rings is 1. The fourth-order valence-corrected chi connectivity index (χ4v) is 4.17. The van der Waals surface area contributed by atoms with Crippen LogP contribution in [0.3, 0.4) is 0 Å². The Morgan fingerprint density at radius 1 is 0.969 bits per heavy atom. The molecule has 32 heavy (non-hydrogen) atoms. The first-order chi connectivity index (χ1) is 15.5. The number of aromatic nitrogens is 4. The largest absolute Gasteiger partial charge is 0.325 e. The van der Waals surface area contributed by atoms with Gasteiger partial charge in [-0.2, -0.15) is 5.10 Å². The van der Waals surface area contributed by atoms with Gasteiger partial charge in [0, 0.05) is 66.7 Å². The Morgan fingerprint density at radius 2 is 1.84 bits per heavy atom. The molecule has 1 aliphatic heterocycles. The lowest BCUT2D eigenvalue weighted by Gasteiger charge is -2.11. The van der Waals surface area contributed by atoms with Crippen LogP contribution in [-0.4, -0.2) is 44.8 Å². The lowest BCUT2D eigenvalue weighted by Crippen LogP contribution is -2.21. The molecule has 4 aromatic rings. The molecule has 0 bridgehead atoms. The molecule has 3 aromatic heterocycles. The van der Waals surface area contributed by atoms with Crippen molar-refractivity contribution in [1.82, 2.24) is 24.6 Å².